The average molecular weight is 277 g/mol. The van der Waals surface area contributed by atoms with Crippen LogP contribution in [0, 0.1) is 0 Å². The molecule has 2 aromatic rings. The fourth-order valence-corrected chi connectivity index (χ4v) is 1.73. The number of carbonyl (C=O) groups is 2. The van der Waals surface area contributed by atoms with Crippen molar-refractivity contribution >= 4 is 29.2 Å². The van der Waals surface area contributed by atoms with Gasteiger partial charge in [-0.15, -0.1) is 0 Å². The molecule has 0 radical (unpaired) electrons. The number of nitrogens with zero attached hydrogens (tertiary/aromatic N) is 1. The van der Waals surface area contributed by atoms with Gasteiger partial charge in [0.2, 0.25) is 0 Å². The van der Waals surface area contributed by atoms with E-state index in [0.717, 1.165) is 0 Å². The Morgan fingerprint density at radius 3 is 2.42 bits per heavy atom. The van der Waals surface area contributed by atoms with Gasteiger partial charge in [0.1, 0.15) is 0 Å². The van der Waals surface area contributed by atoms with E-state index >= 15 is 0 Å². The van der Waals surface area contributed by atoms with E-state index < -0.39 is 5.97 Å². The number of aromatic nitrogens is 1. The molecular weight excluding hydrogens is 268 g/mol. The zero-order chi connectivity index (χ0) is 13.8. The normalized spacial score (nSPS) is 9.95. The highest BCUT2D eigenvalue weighted by atomic mass is 35.5. The molecule has 0 saturated heterocycles. The molecule has 0 saturated carbocycles. The second kappa shape index (κ2) is 5.49. The molecule has 0 atom stereocenters. The molecule has 0 bridgehead atoms. The third kappa shape index (κ3) is 3.29. The summed E-state index contributed by atoms with van der Waals surface area (Å²) in [6, 6.07) is 7.24. The standard InChI is InChI=1S/C13H9ClN2O3/c14-10-5-9(13(18)19)6-11(7-10)16-12(17)8-1-3-15-4-2-8/h1-7H,(H,16,17)(H,18,19). The first-order valence-electron chi connectivity index (χ1n) is 5.31. The summed E-state index contributed by atoms with van der Waals surface area (Å²) in [5.41, 5.74) is 0.760. The summed E-state index contributed by atoms with van der Waals surface area (Å²) in [4.78, 5) is 26.6. The Morgan fingerprint density at radius 1 is 1.11 bits per heavy atom. The van der Waals surface area contributed by atoms with Crippen molar-refractivity contribution in [1.29, 1.82) is 0 Å². The quantitative estimate of drug-likeness (QED) is 0.903. The van der Waals surface area contributed by atoms with Crippen LogP contribution in [0.3, 0.4) is 0 Å². The van der Waals surface area contributed by atoms with Crippen molar-refractivity contribution in [3.8, 4) is 0 Å². The van der Waals surface area contributed by atoms with Crippen LogP contribution in [0.15, 0.2) is 42.7 Å². The predicted octanol–water partition coefficient (Wildman–Crippen LogP) is 2.69. The van der Waals surface area contributed by atoms with E-state index in [1.807, 2.05) is 0 Å². The van der Waals surface area contributed by atoms with Crippen LogP contribution in [-0.4, -0.2) is 22.0 Å². The van der Waals surface area contributed by atoms with Gasteiger partial charge in [0.15, 0.2) is 0 Å². The Hall–Kier alpha value is -2.40. The number of pyridine rings is 1. The molecule has 0 aliphatic carbocycles. The van der Waals surface area contributed by atoms with Crippen molar-refractivity contribution < 1.29 is 14.7 Å². The Kier molecular flexibility index (Phi) is 3.77. The first kappa shape index (κ1) is 13.0. The molecule has 0 aliphatic rings. The van der Waals surface area contributed by atoms with Gasteiger partial charge in [-0.2, -0.15) is 0 Å². The summed E-state index contributed by atoms with van der Waals surface area (Å²) in [6.45, 7) is 0. The average Bonchev–Trinajstić information content (AvgIpc) is 2.39. The number of amides is 1. The van der Waals surface area contributed by atoms with Crippen molar-refractivity contribution in [2.75, 3.05) is 5.32 Å². The lowest BCUT2D eigenvalue weighted by Gasteiger charge is -2.06. The molecule has 1 aromatic heterocycles. The van der Waals surface area contributed by atoms with Gasteiger partial charge in [0.05, 0.1) is 5.56 Å². The number of hydrogen-bond donors (Lipinski definition) is 2. The third-order valence-electron chi connectivity index (χ3n) is 2.35. The van der Waals surface area contributed by atoms with Crippen LogP contribution in [0.5, 0.6) is 0 Å². The topological polar surface area (TPSA) is 79.3 Å². The second-order valence-corrected chi connectivity index (χ2v) is 4.16. The summed E-state index contributed by atoms with van der Waals surface area (Å²) >= 11 is 5.80. The van der Waals surface area contributed by atoms with Crippen LogP contribution in [-0.2, 0) is 0 Å². The van der Waals surface area contributed by atoms with Crippen molar-refractivity contribution in [3.05, 3.63) is 58.9 Å². The Labute approximate surface area is 113 Å². The highest BCUT2D eigenvalue weighted by Crippen LogP contribution is 2.19. The Bertz CT molecular complexity index is 629. The van der Waals surface area contributed by atoms with E-state index in [2.05, 4.69) is 10.3 Å². The van der Waals surface area contributed by atoms with Crippen LogP contribution in [0.4, 0.5) is 5.69 Å². The molecule has 0 fully saturated rings. The van der Waals surface area contributed by atoms with Gasteiger partial charge >= 0.3 is 5.97 Å². The van der Waals surface area contributed by atoms with E-state index in [0.29, 0.717) is 11.3 Å². The number of carboxylic acids is 1. The summed E-state index contributed by atoms with van der Waals surface area (Å²) in [5, 5.41) is 11.7. The second-order valence-electron chi connectivity index (χ2n) is 3.72. The minimum atomic E-state index is -1.11. The largest absolute Gasteiger partial charge is 0.478 e. The molecule has 1 aromatic carbocycles. The van der Waals surface area contributed by atoms with Crippen molar-refractivity contribution in [2.45, 2.75) is 0 Å². The zero-order valence-electron chi connectivity index (χ0n) is 9.63. The molecule has 5 nitrogen and oxygen atoms in total. The summed E-state index contributed by atoms with van der Waals surface area (Å²) in [6.07, 6.45) is 2.99. The number of benzene rings is 1. The monoisotopic (exact) mass is 276 g/mol. The maximum atomic E-state index is 11.9. The predicted molar refractivity (Wildman–Crippen MR) is 70.6 cm³/mol. The molecule has 6 heteroatoms. The molecule has 1 amide bonds. The molecule has 2 N–H and O–H groups in total. The van der Waals surface area contributed by atoms with E-state index in [4.69, 9.17) is 16.7 Å². The van der Waals surface area contributed by atoms with Gasteiger partial charge in [-0.3, -0.25) is 9.78 Å². The zero-order valence-corrected chi connectivity index (χ0v) is 10.4. The molecule has 0 aliphatic heterocycles. The first-order chi connectivity index (χ1) is 9.06. The minimum Gasteiger partial charge on any atom is -0.478 e. The SMILES string of the molecule is O=C(O)c1cc(Cl)cc(NC(=O)c2ccncc2)c1. The molecule has 96 valence electrons. The van der Waals surface area contributed by atoms with Gasteiger partial charge < -0.3 is 10.4 Å². The summed E-state index contributed by atoms with van der Waals surface area (Å²) in [5.74, 6) is -1.47. The fraction of sp³-hybridized carbons (Fsp3) is 0. The highest BCUT2D eigenvalue weighted by Gasteiger charge is 2.09. The van der Waals surface area contributed by atoms with Gasteiger partial charge in [-0.05, 0) is 30.3 Å². The van der Waals surface area contributed by atoms with E-state index in [9.17, 15) is 9.59 Å². The van der Waals surface area contributed by atoms with Crippen LogP contribution in [0.1, 0.15) is 20.7 Å². The fourth-order valence-electron chi connectivity index (χ4n) is 1.49. The number of nitrogens with one attached hydrogen (secondary N) is 1. The first-order valence-corrected chi connectivity index (χ1v) is 5.69. The number of carboxylic acid groups (broad SMARTS) is 1. The van der Waals surface area contributed by atoms with Crippen LogP contribution in [0.2, 0.25) is 5.02 Å². The van der Waals surface area contributed by atoms with Crippen molar-refractivity contribution in [2.24, 2.45) is 0 Å². The molecule has 1 heterocycles. The maximum Gasteiger partial charge on any atom is 0.335 e. The summed E-state index contributed by atoms with van der Waals surface area (Å²) < 4.78 is 0. The van der Waals surface area contributed by atoms with E-state index in [1.54, 1.807) is 12.1 Å². The minimum absolute atomic E-state index is 0.0116. The maximum absolute atomic E-state index is 11.9. The number of rotatable bonds is 3. The lowest BCUT2D eigenvalue weighted by Crippen LogP contribution is -2.12. The van der Waals surface area contributed by atoms with E-state index in [1.165, 1.54) is 30.6 Å². The van der Waals surface area contributed by atoms with Crippen LogP contribution in [0.25, 0.3) is 0 Å². The molecule has 0 spiro atoms. The number of halogens is 1. The van der Waals surface area contributed by atoms with E-state index in [-0.39, 0.29) is 16.5 Å². The van der Waals surface area contributed by atoms with Gasteiger partial charge in [-0.25, -0.2) is 4.79 Å². The molecule has 0 unspecified atom stereocenters. The number of carbonyl (C=O) groups excluding carboxylic acids is 1. The van der Waals surface area contributed by atoms with Crippen LogP contribution >= 0.6 is 11.6 Å². The third-order valence-corrected chi connectivity index (χ3v) is 2.56. The molecule has 19 heavy (non-hydrogen) atoms. The summed E-state index contributed by atoms with van der Waals surface area (Å²) in [7, 11) is 0. The molecular formula is C13H9ClN2O3. The number of aromatic carboxylic acids is 1. The smallest absolute Gasteiger partial charge is 0.335 e. The Morgan fingerprint density at radius 2 is 1.79 bits per heavy atom. The van der Waals surface area contributed by atoms with Gasteiger partial charge in [-0.1, -0.05) is 11.6 Å². The Balaban J connectivity index is 2.24. The van der Waals surface area contributed by atoms with Crippen molar-refractivity contribution in [3.63, 3.8) is 0 Å². The number of hydrogen-bond acceptors (Lipinski definition) is 3. The molecule has 2 rings (SSSR count). The number of anilines is 1. The van der Waals surface area contributed by atoms with Crippen molar-refractivity contribution in [1.82, 2.24) is 4.98 Å². The highest BCUT2D eigenvalue weighted by molar-refractivity contribution is 6.31. The van der Waals surface area contributed by atoms with Crippen LogP contribution < -0.4 is 5.32 Å². The lowest BCUT2D eigenvalue weighted by molar-refractivity contribution is 0.0696. The van der Waals surface area contributed by atoms with Gasteiger partial charge in [0.25, 0.3) is 5.91 Å². The van der Waals surface area contributed by atoms with Gasteiger partial charge in [0, 0.05) is 28.7 Å². The lowest BCUT2D eigenvalue weighted by atomic mass is 10.2.